The third kappa shape index (κ3) is 15.9. The van der Waals surface area contributed by atoms with Crippen LogP contribution in [-0.2, 0) is 14.3 Å². The summed E-state index contributed by atoms with van der Waals surface area (Å²) in [6.45, 7) is 11.0. The predicted octanol–water partition coefficient (Wildman–Crippen LogP) is 5.42. The molecule has 4 nitrogen and oxygen atoms in total. The van der Waals surface area contributed by atoms with E-state index in [1.54, 1.807) is 0 Å². The number of unbranched alkanes of at least 4 members (excludes halogenated alkanes) is 4. The zero-order valence-corrected chi connectivity index (χ0v) is 16.7. The van der Waals surface area contributed by atoms with Gasteiger partial charge in [0.2, 0.25) is 5.91 Å². The molecular formula is C21H41NO3. The first kappa shape index (κ1) is 23.7. The molecule has 0 heterocycles. The van der Waals surface area contributed by atoms with Crippen LogP contribution in [0.15, 0.2) is 12.2 Å². The van der Waals surface area contributed by atoms with Crippen LogP contribution in [0.2, 0.25) is 0 Å². The molecule has 4 heteroatoms. The Morgan fingerprint density at radius 2 is 1.68 bits per heavy atom. The summed E-state index contributed by atoms with van der Waals surface area (Å²) < 4.78 is 5.09. The number of nitrogens with one attached hydrogen (secondary N) is 1. The Labute approximate surface area is 156 Å². The van der Waals surface area contributed by atoms with Gasteiger partial charge in [-0.2, -0.15) is 0 Å². The van der Waals surface area contributed by atoms with E-state index < -0.39 is 0 Å². The number of carbonyl (C=O) groups is 2. The molecule has 0 radical (unpaired) electrons. The van der Waals surface area contributed by atoms with Gasteiger partial charge in [-0.25, -0.2) is 0 Å². The third-order valence-electron chi connectivity index (χ3n) is 4.37. The minimum absolute atomic E-state index is 0. The molecule has 0 aromatic carbocycles. The van der Waals surface area contributed by atoms with Crippen LogP contribution in [0.1, 0.15) is 92.8 Å². The standard InChI is InChI=1S/C21H39NO3.H2/c1-5-7-9-10-12-19(11-8-6-2)17-22-20(23)15-16-25-21(24)14-13-18(3)4;/h19H,3,5-17H2,1-2,4H3,(H,22,23);1H. The Morgan fingerprint density at radius 3 is 2.32 bits per heavy atom. The van der Waals surface area contributed by atoms with Crippen LogP contribution < -0.4 is 5.32 Å². The first-order chi connectivity index (χ1) is 12.0. The number of hydrogen-bond donors (Lipinski definition) is 1. The van der Waals surface area contributed by atoms with E-state index in [1.165, 1.54) is 51.4 Å². The fourth-order valence-corrected chi connectivity index (χ4v) is 2.69. The maximum absolute atomic E-state index is 11.9. The van der Waals surface area contributed by atoms with Gasteiger partial charge in [-0.05, 0) is 32.1 Å². The minimum Gasteiger partial charge on any atom is -0.465 e. The summed E-state index contributed by atoms with van der Waals surface area (Å²) in [6, 6.07) is 0. The Bertz CT molecular complexity index is 385. The lowest BCUT2D eigenvalue weighted by Crippen LogP contribution is -2.30. The third-order valence-corrected chi connectivity index (χ3v) is 4.37. The average molecular weight is 356 g/mol. The fraction of sp³-hybridized carbons (Fsp3) is 0.810. The monoisotopic (exact) mass is 355 g/mol. The molecule has 0 aromatic heterocycles. The van der Waals surface area contributed by atoms with Crippen molar-refractivity contribution in [2.45, 2.75) is 91.4 Å². The van der Waals surface area contributed by atoms with Gasteiger partial charge < -0.3 is 10.1 Å². The number of amides is 1. The van der Waals surface area contributed by atoms with Crippen molar-refractivity contribution < 1.29 is 15.8 Å². The van der Waals surface area contributed by atoms with Gasteiger partial charge in [-0.1, -0.05) is 57.9 Å². The highest BCUT2D eigenvalue weighted by atomic mass is 16.5. The van der Waals surface area contributed by atoms with Crippen molar-refractivity contribution in [1.82, 2.24) is 5.32 Å². The lowest BCUT2D eigenvalue weighted by atomic mass is 9.95. The van der Waals surface area contributed by atoms with Crippen molar-refractivity contribution in [3.63, 3.8) is 0 Å². The zero-order valence-electron chi connectivity index (χ0n) is 16.7. The normalized spacial score (nSPS) is 11.8. The smallest absolute Gasteiger partial charge is 0.306 e. The maximum atomic E-state index is 11.9. The van der Waals surface area contributed by atoms with Crippen LogP contribution >= 0.6 is 0 Å². The molecule has 0 rings (SSSR count). The zero-order chi connectivity index (χ0) is 18.9. The van der Waals surface area contributed by atoms with Crippen LogP contribution in [0.3, 0.4) is 0 Å². The highest BCUT2D eigenvalue weighted by molar-refractivity contribution is 5.76. The molecule has 0 saturated carbocycles. The van der Waals surface area contributed by atoms with Gasteiger partial charge >= 0.3 is 5.97 Å². The Balaban J connectivity index is 0. The quantitative estimate of drug-likeness (QED) is 0.229. The van der Waals surface area contributed by atoms with E-state index in [9.17, 15) is 9.59 Å². The molecule has 0 bridgehead atoms. The number of hydrogen-bond acceptors (Lipinski definition) is 3. The summed E-state index contributed by atoms with van der Waals surface area (Å²) in [5.41, 5.74) is 0.965. The van der Waals surface area contributed by atoms with E-state index in [-0.39, 0.29) is 26.3 Å². The molecule has 148 valence electrons. The number of carbonyl (C=O) groups excluding carboxylic acids is 2. The first-order valence-electron chi connectivity index (χ1n) is 10.1. The largest absolute Gasteiger partial charge is 0.465 e. The Hall–Kier alpha value is -1.32. The highest BCUT2D eigenvalue weighted by Crippen LogP contribution is 2.16. The Kier molecular flexibility index (Phi) is 15.3. The number of esters is 1. The molecule has 1 N–H and O–H groups in total. The van der Waals surface area contributed by atoms with E-state index in [4.69, 9.17) is 4.74 Å². The van der Waals surface area contributed by atoms with Crippen LogP contribution in [-0.4, -0.2) is 25.0 Å². The second-order valence-corrected chi connectivity index (χ2v) is 7.09. The molecule has 0 spiro atoms. The summed E-state index contributed by atoms with van der Waals surface area (Å²) in [5.74, 6) is 0.286. The Morgan fingerprint density at radius 1 is 1.00 bits per heavy atom. The van der Waals surface area contributed by atoms with Crippen molar-refractivity contribution in [2.24, 2.45) is 5.92 Å². The van der Waals surface area contributed by atoms with Crippen molar-refractivity contribution in [3.8, 4) is 0 Å². The van der Waals surface area contributed by atoms with Crippen LogP contribution in [0.25, 0.3) is 0 Å². The molecule has 1 amide bonds. The lowest BCUT2D eigenvalue weighted by molar-refractivity contribution is -0.144. The van der Waals surface area contributed by atoms with Gasteiger partial charge in [0.25, 0.3) is 0 Å². The van der Waals surface area contributed by atoms with Gasteiger partial charge in [0.05, 0.1) is 6.42 Å². The molecule has 0 saturated heterocycles. The number of allylic oxidation sites excluding steroid dienone is 1. The SMILES string of the molecule is C=C(C)CCC(=O)OCCC(=O)NCC(CCCC)CCCCCC.[HH]. The number of rotatable bonds is 16. The lowest BCUT2D eigenvalue weighted by Gasteiger charge is -2.17. The average Bonchev–Trinajstić information content (AvgIpc) is 2.58. The molecule has 0 aliphatic carbocycles. The summed E-state index contributed by atoms with van der Waals surface area (Å²) in [5, 5.41) is 3.01. The molecule has 0 aromatic rings. The molecule has 1 atom stereocenters. The van der Waals surface area contributed by atoms with Crippen molar-refractivity contribution >= 4 is 11.9 Å². The van der Waals surface area contributed by atoms with E-state index in [0.29, 0.717) is 18.8 Å². The van der Waals surface area contributed by atoms with Gasteiger partial charge in [0.1, 0.15) is 6.61 Å². The second kappa shape index (κ2) is 16.2. The molecule has 0 fully saturated rings. The second-order valence-electron chi connectivity index (χ2n) is 7.09. The predicted molar refractivity (Wildman–Crippen MR) is 107 cm³/mol. The number of ether oxygens (including phenoxy) is 1. The van der Waals surface area contributed by atoms with E-state index >= 15 is 0 Å². The maximum Gasteiger partial charge on any atom is 0.306 e. The van der Waals surface area contributed by atoms with E-state index in [0.717, 1.165) is 12.1 Å². The van der Waals surface area contributed by atoms with Crippen molar-refractivity contribution in [1.29, 1.82) is 0 Å². The van der Waals surface area contributed by atoms with Crippen LogP contribution in [0.4, 0.5) is 0 Å². The molecule has 0 aliphatic heterocycles. The van der Waals surface area contributed by atoms with Gasteiger partial charge in [-0.15, -0.1) is 6.58 Å². The van der Waals surface area contributed by atoms with Crippen LogP contribution in [0, 0.1) is 5.92 Å². The van der Waals surface area contributed by atoms with Gasteiger partial charge in [0.15, 0.2) is 0 Å². The summed E-state index contributed by atoms with van der Waals surface area (Å²) >= 11 is 0. The summed E-state index contributed by atoms with van der Waals surface area (Å²) in [7, 11) is 0. The van der Waals surface area contributed by atoms with Crippen molar-refractivity contribution in [2.75, 3.05) is 13.2 Å². The van der Waals surface area contributed by atoms with Gasteiger partial charge in [0, 0.05) is 14.4 Å². The van der Waals surface area contributed by atoms with Gasteiger partial charge in [-0.3, -0.25) is 9.59 Å². The minimum atomic E-state index is -0.257. The van der Waals surface area contributed by atoms with E-state index in [2.05, 4.69) is 25.7 Å². The first-order valence-corrected chi connectivity index (χ1v) is 10.1. The summed E-state index contributed by atoms with van der Waals surface area (Å²) in [6.07, 6.45) is 11.1. The topological polar surface area (TPSA) is 55.4 Å². The van der Waals surface area contributed by atoms with E-state index in [1.807, 2.05) is 6.92 Å². The summed E-state index contributed by atoms with van der Waals surface area (Å²) in [4.78, 5) is 23.4. The van der Waals surface area contributed by atoms with Crippen molar-refractivity contribution in [3.05, 3.63) is 12.2 Å². The highest BCUT2D eigenvalue weighted by Gasteiger charge is 2.11. The fourth-order valence-electron chi connectivity index (χ4n) is 2.69. The van der Waals surface area contributed by atoms with Crippen LogP contribution in [0.5, 0.6) is 0 Å². The molecule has 1 unspecified atom stereocenters. The molecule has 0 aliphatic rings. The molecular weight excluding hydrogens is 314 g/mol. The molecule has 25 heavy (non-hydrogen) atoms.